The Hall–Kier alpha value is -2.70. The van der Waals surface area contributed by atoms with Crippen molar-refractivity contribution in [2.75, 3.05) is 12.0 Å². The Morgan fingerprint density at radius 3 is 2.55 bits per heavy atom. The SMILES string of the molecule is COC(=O)C1=NN[C@]2(C)C(=O)N(c3ccc(C)cc3)C(=O)[C@@H]12. The molecule has 3 rings (SSSR count). The normalized spacial score (nSPS) is 26.6. The fourth-order valence-electron chi connectivity index (χ4n) is 2.78. The van der Waals surface area contributed by atoms with Gasteiger partial charge in [0, 0.05) is 0 Å². The average molecular weight is 301 g/mol. The lowest BCUT2D eigenvalue weighted by Gasteiger charge is -2.20. The number of ether oxygens (including phenoxy) is 1. The number of carbonyl (C=O) groups is 3. The summed E-state index contributed by atoms with van der Waals surface area (Å²) in [5.41, 5.74) is 2.79. The molecule has 22 heavy (non-hydrogen) atoms. The second-order valence-corrected chi connectivity index (χ2v) is 5.55. The molecule has 2 amide bonds. The molecule has 0 saturated carbocycles. The summed E-state index contributed by atoms with van der Waals surface area (Å²) in [5.74, 6) is -2.61. The van der Waals surface area contributed by atoms with E-state index in [9.17, 15) is 14.4 Å². The van der Waals surface area contributed by atoms with Crippen molar-refractivity contribution >= 4 is 29.2 Å². The summed E-state index contributed by atoms with van der Waals surface area (Å²) in [5, 5.41) is 3.83. The van der Waals surface area contributed by atoms with Crippen LogP contribution < -0.4 is 10.3 Å². The van der Waals surface area contributed by atoms with Gasteiger partial charge < -0.3 is 4.74 Å². The maximum atomic E-state index is 12.7. The Bertz CT molecular complexity index is 710. The number of methoxy groups -OCH3 is 1. The molecule has 1 aromatic carbocycles. The summed E-state index contributed by atoms with van der Waals surface area (Å²) in [6, 6.07) is 7.03. The van der Waals surface area contributed by atoms with Crippen LogP contribution in [0.3, 0.4) is 0 Å². The van der Waals surface area contributed by atoms with Gasteiger partial charge in [-0.05, 0) is 26.0 Å². The molecule has 114 valence electrons. The van der Waals surface area contributed by atoms with Crippen LogP contribution in [0.1, 0.15) is 12.5 Å². The van der Waals surface area contributed by atoms with Crippen molar-refractivity contribution in [2.24, 2.45) is 11.0 Å². The summed E-state index contributed by atoms with van der Waals surface area (Å²) < 4.78 is 4.64. The molecule has 7 nitrogen and oxygen atoms in total. The van der Waals surface area contributed by atoms with Gasteiger partial charge in [-0.25, -0.2) is 9.69 Å². The third-order valence-electron chi connectivity index (χ3n) is 4.06. The van der Waals surface area contributed by atoms with Crippen LogP contribution in [0.15, 0.2) is 29.4 Å². The van der Waals surface area contributed by atoms with E-state index < -0.39 is 29.2 Å². The Balaban J connectivity index is 2.03. The van der Waals surface area contributed by atoms with E-state index in [1.807, 2.05) is 19.1 Å². The molecule has 2 aliphatic heterocycles. The predicted octanol–water partition coefficient (Wildman–Crippen LogP) is 0.375. The molecule has 1 fully saturated rings. The standard InChI is InChI=1S/C15H15N3O4/c1-8-4-6-9(7-5-8)18-12(19)10-11(13(20)22-3)16-17-15(10,2)14(18)21/h4-7,10,17H,1-3H3/t10-,15+/m1/s1. The molecule has 2 heterocycles. The molecular formula is C15H15N3O4. The van der Waals surface area contributed by atoms with E-state index in [0.29, 0.717) is 5.69 Å². The molecule has 2 atom stereocenters. The third-order valence-corrected chi connectivity index (χ3v) is 4.06. The van der Waals surface area contributed by atoms with Crippen LogP contribution >= 0.6 is 0 Å². The van der Waals surface area contributed by atoms with E-state index in [-0.39, 0.29) is 5.71 Å². The zero-order chi connectivity index (χ0) is 16.1. The highest BCUT2D eigenvalue weighted by Crippen LogP contribution is 2.38. The quantitative estimate of drug-likeness (QED) is 0.630. The van der Waals surface area contributed by atoms with E-state index in [2.05, 4.69) is 15.3 Å². The van der Waals surface area contributed by atoms with Gasteiger partial charge in [-0.2, -0.15) is 5.10 Å². The van der Waals surface area contributed by atoms with Gasteiger partial charge in [-0.3, -0.25) is 15.0 Å². The summed E-state index contributed by atoms with van der Waals surface area (Å²) in [4.78, 5) is 38.2. The minimum atomic E-state index is -1.26. The average Bonchev–Trinajstić information content (AvgIpc) is 2.95. The molecule has 0 bridgehead atoms. The van der Waals surface area contributed by atoms with Crippen LogP contribution in [-0.4, -0.2) is 36.1 Å². The lowest BCUT2D eigenvalue weighted by atomic mass is 9.86. The van der Waals surface area contributed by atoms with Gasteiger partial charge in [0.2, 0.25) is 5.91 Å². The van der Waals surface area contributed by atoms with Gasteiger partial charge in [0.15, 0.2) is 5.71 Å². The van der Waals surface area contributed by atoms with Crippen molar-refractivity contribution in [3.8, 4) is 0 Å². The number of hydrogen-bond acceptors (Lipinski definition) is 6. The van der Waals surface area contributed by atoms with E-state index >= 15 is 0 Å². The summed E-state index contributed by atoms with van der Waals surface area (Å²) in [6.07, 6.45) is 0. The largest absolute Gasteiger partial charge is 0.464 e. The zero-order valence-electron chi connectivity index (χ0n) is 12.4. The molecule has 1 N–H and O–H groups in total. The maximum Gasteiger partial charge on any atom is 0.355 e. The highest BCUT2D eigenvalue weighted by Gasteiger charge is 2.63. The number of hydrogen-bond donors (Lipinski definition) is 1. The fraction of sp³-hybridized carbons (Fsp3) is 0.333. The molecule has 0 aliphatic carbocycles. The second-order valence-electron chi connectivity index (χ2n) is 5.55. The Kier molecular flexibility index (Phi) is 3.01. The highest BCUT2D eigenvalue weighted by atomic mass is 16.5. The topological polar surface area (TPSA) is 88.1 Å². The summed E-state index contributed by atoms with van der Waals surface area (Å²) in [6.45, 7) is 3.47. The number of nitrogens with zero attached hydrogens (tertiary/aromatic N) is 2. The van der Waals surface area contributed by atoms with Crippen LogP contribution in [0.4, 0.5) is 5.69 Å². The number of carbonyl (C=O) groups excluding carboxylic acids is 3. The van der Waals surface area contributed by atoms with Crippen LogP contribution in [0, 0.1) is 12.8 Å². The van der Waals surface area contributed by atoms with Gasteiger partial charge in [0.1, 0.15) is 11.5 Å². The van der Waals surface area contributed by atoms with Gasteiger partial charge in [0.25, 0.3) is 5.91 Å². The van der Waals surface area contributed by atoms with Crippen LogP contribution in [0.25, 0.3) is 0 Å². The number of rotatable bonds is 2. The highest BCUT2D eigenvalue weighted by molar-refractivity contribution is 6.47. The van der Waals surface area contributed by atoms with Gasteiger partial charge in [0.05, 0.1) is 12.8 Å². The maximum absolute atomic E-state index is 12.7. The monoisotopic (exact) mass is 301 g/mol. The number of fused-ring (bicyclic) bond motifs is 1. The zero-order valence-corrected chi connectivity index (χ0v) is 12.4. The van der Waals surface area contributed by atoms with Crippen molar-refractivity contribution in [1.29, 1.82) is 0 Å². The number of aryl methyl sites for hydroxylation is 1. The Labute approximate surface area is 126 Å². The van der Waals surface area contributed by atoms with Crippen molar-refractivity contribution in [2.45, 2.75) is 19.4 Å². The molecule has 1 saturated heterocycles. The number of imide groups is 1. The number of esters is 1. The molecule has 0 spiro atoms. The van der Waals surface area contributed by atoms with Gasteiger partial charge >= 0.3 is 5.97 Å². The molecule has 0 aromatic heterocycles. The van der Waals surface area contributed by atoms with E-state index in [1.165, 1.54) is 7.11 Å². The van der Waals surface area contributed by atoms with Gasteiger partial charge in [-0.15, -0.1) is 0 Å². The van der Waals surface area contributed by atoms with Crippen LogP contribution in [0.5, 0.6) is 0 Å². The fourth-order valence-corrected chi connectivity index (χ4v) is 2.78. The number of hydrazone groups is 1. The Morgan fingerprint density at radius 2 is 1.95 bits per heavy atom. The first kappa shape index (κ1) is 14.2. The predicted molar refractivity (Wildman–Crippen MR) is 78.2 cm³/mol. The molecular weight excluding hydrogens is 286 g/mol. The number of nitrogens with one attached hydrogen (secondary N) is 1. The number of amides is 2. The number of anilines is 1. The summed E-state index contributed by atoms with van der Waals surface area (Å²) >= 11 is 0. The van der Waals surface area contributed by atoms with E-state index in [1.54, 1.807) is 19.1 Å². The Morgan fingerprint density at radius 1 is 1.32 bits per heavy atom. The smallest absolute Gasteiger partial charge is 0.355 e. The van der Waals surface area contributed by atoms with Gasteiger partial charge in [-0.1, -0.05) is 17.7 Å². The van der Waals surface area contributed by atoms with Crippen molar-refractivity contribution in [1.82, 2.24) is 5.43 Å². The van der Waals surface area contributed by atoms with Crippen LogP contribution in [0.2, 0.25) is 0 Å². The third kappa shape index (κ3) is 1.75. The molecule has 1 aromatic rings. The lowest BCUT2D eigenvalue weighted by Crippen LogP contribution is -2.48. The van der Waals surface area contributed by atoms with E-state index in [0.717, 1.165) is 10.5 Å². The molecule has 7 heteroatoms. The van der Waals surface area contributed by atoms with E-state index in [4.69, 9.17) is 0 Å². The first-order chi connectivity index (χ1) is 10.4. The van der Waals surface area contributed by atoms with Crippen molar-refractivity contribution in [3.05, 3.63) is 29.8 Å². The lowest BCUT2D eigenvalue weighted by molar-refractivity contribution is -0.133. The molecule has 0 unspecified atom stereocenters. The first-order valence-corrected chi connectivity index (χ1v) is 6.78. The van der Waals surface area contributed by atoms with Crippen molar-refractivity contribution < 1.29 is 19.1 Å². The summed E-state index contributed by atoms with van der Waals surface area (Å²) in [7, 11) is 1.21. The second kappa shape index (κ2) is 4.66. The number of benzene rings is 1. The van der Waals surface area contributed by atoms with Crippen molar-refractivity contribution in [3.63, 3.8) is 0 Å². The van der Waals surface area contributed by atoms with Crippen LogP contribution in [-0.2, 0) is 19.1 Å². The minimum absolute atomic E-state index is 0.0713. The first-order valence-electron chi connectivity index (χ1n) is 6.78. The minimum Gasteiger partial charge on any atom is -0.464 e. The molecule has 0 radical (unpaired) electrons. The molecule has 2 aliphatic rings.